The predicted molar refractivity (Wildman–Crippen MR) is 175 cm³/mol. The summed E-state index contributed by atoms with van der Waals surface area (Å²) < 4.78 is 35.2. The number of hydrogen-bond acceptors (Lipinski definition) is 7. The Kier molecular flexibility index (Phi) is 8.55. The van der Waals surface area contributed by atoms with Crippen LogP contribution < -0.4 is 14.4 Å². The van der Waals surface area contributed by atoms with E-state index >= 15 is 0 Å². The van der Waals surface area contributed by atoms with Crippen molar-refractivity contribution in [2.75, 3.05) is 31.2 Å². The van der Waals surface area contributed by atoms with Crippen molar-refractivity contribution in [1.82, 2.24) is 4.72 Å². The molecule has 45 heavy (non-hydrogen) atoms. The molecule has 2 aromatic carbocycles. The number of aliphatic hydroxyl groups is 2. The SMILES string of the molecule is C=C1C/C=C/[C@](O)(C#CCO)[C@@H]2CC[C@H]2CN2C[C@@]3(CCCc4cc(Cl)ccc43)COc3ccc(cc32)C(=O)NS(=O)(=O)[C@@H]1C. The molecule has 2 aromatic rings. The first-order valence-corrected chi connectivity index (χ1v) is 17.4. The highest BCUT2D eigenvalue weighted by molar-refractivity contribution is 7.90. The van der Waals surface area contributed by atoms with Gasteiger partial charge in [0.2, 0.25) is 10.0 Å². The number of anilines is 1. The third kappa shape index (κ3) is 6.01. The Bertz CT molecular complexity index is 1730. The molecular weight excluding hydrogens is 612 g/mol. The summed E-state index contributed by atoms with van der Waals surface area (Å²) >= 11 is 6.40. The lowest BCUT2D eigenvalue weighted by atomic mass is 9.64. The van der Waals surface area contributed by atoms with Crippen LogP contribution in [0.1, 0.15) is 60.5 Å². The van der Waals surface area contributed by atoms with Crippen LogP contribution in [0.25, 0.3) is 0 Å². The molecule has 3 N–H and O–H groups in total. The minimum atomic E-state index is -4.10. The van der Waals surface area contributed by atoms with Gasteiger partial charge in [-0.3, -0.25) is 4.79 Å². The van der Waals surface area contributed by atoms with Gasteiger partial charge in [0.05, 0.1) is 17.5 Å². The summed E-state index contributed by atoms with van der Waals surface area (Å²) in [5.41, 5.74) is 1.83. The summed E-state index contributed by atoms with van der Waals surface area (Å²) in [4.78, 5) is 15.6. The van der Waals surface area contributed by atoms with Gasteiger partial charge in [-0.25, -0.2) is 13.1 Å². The molecule has 1 fully saturated rings. The van der Waals surface area contributed by atoms with Gasteiger partial charge in [-0.15, -0.1) is 0 Å². The van der Waals surface area contributed by atoms with Crippen LogP contribution in [-0.4, -0.2) is 61.7 Å². The number of hydrogen-bond donors (Lipinski definition) is 3. The number of ether oxygens (including phenoxy) is 1. The van der Waals surface area contributed by atoms with Crippen molar-refractivity contribution in [2.24, 2.45) is 11.8 Å². The maximum absolute atomic E-state index is 13.4. The fourth-order valence-electron chi connectivity index (χ4n) is 7.40. The summed E-state index contributed by atoms with van der Waals surface area (Å²) in [5.74, 6) is 5.27. The number of aliphatic hydroxyl groups excluding tert-OH is 1. The fourth-order valence-corrected chi connectivity index (χ4v) is 8.68. The number of benzene rings is 2. The summed E-state index contributed by atoms with van der Waals surface area (Å²) in [6.07, 6.45) is 7.89. The number of nitrogens with one attached hydrogen (secondary N) is 1. The molecule has 0 radical (unpaired) electrons. The quantitative estimate of drug-likeness (QED) is 0.283. The fraction of sp³-hybridized carbons (Fsp3) is 0.457. The first-order chi connectivity index (χ1) is 21.4. The monoisotopic (exact) mass is 650 g/mol. The van der Waals surface area contributed by atoms with Gasteiger partial charge in [0.25, 0.3) is 5.91 Å². The van der Waals surface area contributed by atoms with Crippen LogP contribution in [0, 0.1) is 23.7 Å². The van der Waals surface area contributed by atoms with Crippen LogP contribution in [0.5, 0.6) is 5.75 Å². The number of fused-ring (bicyclic) bond motifs is 4. The molecule has 2 aliphatic carbocycles. The average molecular weight is 651 g/mol. The molecule has 2 heterocycles. The van der Waals surface area contributed by atoms with E-state index in [-0.39, 0.29) is 35.8 Å². The lowest BCUT2D eigenvalue weighted by molar-refractivity contribution is -0.00326. The van der Waals surface area contributed by atoms with Crippen LogP contribution in [0.15, 0.2) is 60.7 Å². The lowest BCUT2D eigenvalue weighted by Gasteiger charge is -2.47. The second-order valence-corrected chi connectivity index (χ2v) is 15.3. The molecule has 0 unspecified atom stereocenters. The van der Waals surface area contributed by atoms with Crippen molar-refractivity contribution in [3.05, 3.63) is 82.4 Å². The number of allylic oxidation sites excluding steroid dienone is 1. The zero-order valence-corrected chi connectivity index (χ0v) is 27.0. The molecule has 2 bridgehead atoms. The molecule has 238 valence electrons. The zero-order chi connectivity index (χ0) is 32.0. The number of aryl methyl sites for hydroxylation is 1. The van der Waals surface area contributed by atoms with Gasteiger partial charge >= 0.3 is 0 Å². The normalized spacial score (nSPS) is 31.6. The lowest BCUT2D eigenvalue weighted by Crippen LogP contribution is -2.52. The maximum atomic E-state index is 13.4. The van der Waals surface area contributed by atoms with Gasteiger partial charge in [-0.2, -0.15) is 0 Å². The zero-order valence-electron chi connectivity index (χ0n) is 25.4. The van der Waals surface area contributed by atoms with Gasteiger partial charge in [-0.05, 0) is 98.9 Å². The molecule has 4 aliphatic rings. The Labute approximate surface area is 270 Å². The van der Waals surface area contributed by atoms with E-state index in [0.717, 1.165) is 32.1 Å². The molecule has 0 aromatic heterocycles. The summed E-state index contributed by atoms with van der Waals surface area (Å²) in [6, 6.07) is 11.1. The second kappa shape index (κ2) is 12.1. The van der Waals surface area contributed by atoms with Crippen molar-refractivity contribution in [2.45, 2.75) is 61.7 Å². The first kappa shape index (κ1) is 31.7. The Morgan fingerprint density at radius 3 is 2.80 bits per heavy atom. The second-order valence-electron chi connectivity index (χ2n) is 12.9. The summed E-state index contributed by atoms with van der Waals surface area (Å²) in [5, 5.41) is 21.0. The van der Waals surface area contributed by atoms with Gasteiger partial charge in [0.15, 0.2) is 0 Å². The Hall–Kier alpha value is -3.29. The van der Waals surface area contributed by atoms with E-state index in [1.54, 1.807) is 30.4 Å². The number of carbonyl (C=O) groups excluding carboxylic acids is 1. The average Bonchev–Trinajstić information content (AvgIpc) is 3.14. The Morgan fingerprint density at radius 1 is 1.22 bits per heavy atom. The molecular formula is C35H39ClN2O6S. The van der Waals surface area contributed by atoms with E-state index in [9.17, 15) is 23.4 Å². The standard InChI is InChI=1S/C35H39ClN2O6S/c1-23-6-3-15-35(41,16-5-17-39)30-11-8-27(30)20-38-21-34(14-4-7-25-18-28(36)10-12-29(25)34)22-44-32-13-9-26(19-31(32)38)33(40)37-45(42,43)24(23)2/h3,9-10,12-13,15,18-19,24,27,30,39,41H,1,4,6-8,11,14,17,20-22H2,2H3,(H,37,40)/b15-3+/t24-,27+,30-,34+,35+/m1/s1. The number of nitrogens with zero attached hydrogens (tertiary/aromatic N) is 1. The van der Waals surface area contributed by atoms with E-state index in [4.69, 9.17) is 16.3 Å². The van der Waals surface area contributed by atoms with Crippen LogP contribution in [-0.2, 0) is 21.9 Å². The van der Waals surface area contributed by atoms with Crippen LogP contribution in [0.3, 0.4) is 0 Å². The highest BCUT2D eigenvalue weighted by Gasteiger charge is 2.47. The van der Waals surface area contributed by atoms with Crippen LogP contribution in [0.4, 0.5) is 5.69 Å². The number of amides is 1. The number of halogens is 1. The third-order valence-electron chi connectivity index (χ3n) is 10.1. The third-order valence-corrected chi connectivity index (χ3v) is 12.1. The smallest absolute Gasteiger partial charge is 0.264 e. The number of rotatable bonds is 0. The van der Waals surface area contributed by atoms with E-state index in [0.29, 0.717) is 41.7 Å². The molecule has 1 amide bonds. The van der Waals surface area contributed by atoms with Crippen LogP contribution >= 0.6 is 11.6 Å². The van der Waals surface area contributed by atoms with Gasteiger partial charge in [0.1, 0.15) is 18.0 Å². The minimum absolute atomic E-state index is 0.0526. The van der Waals surface area contributed by atoms with Crippen molar-refractivity contribution in [1.29, 1.82) is 0 Å². The Balaban J connectivity index is 1.46. The topological polar surface area (TPSA) is 116 Å². The van der Waals surface area contributed by atoms with Crippen molar-refractivity contribution in [3.8, 4) is 17.6 Å². The predicted octanol–water partition coefficient (Wildman–Crippen LogP) is 4.53. The van der Waals surface area contributed by atoms with E-state index in [2.05, 4.69) is 34.1 Å². The van der Waals surface area contributed by atoms with Gasteiger partial charge in [-0.1, -0.05) is 47.7 Å². The largest absolute Gasteiger partial charge is 0.490 e. The number of sulfonamides is 1. The first-order valence-electron chi connectivity index (χ1n) is 15.5. The van der Waals surface area contributed by atoms with Crippen molar-refractivity contribution >= 4 is 33.2 Å². The van der Waals surface area contributed by atoms with E-state index in [1.807, 2.05) is 12.1 Å². The molecule has 10 heteroatoms. The molecule has 8 nitrogen and oxygen atoms in total. The van der Waals surface area contributed by atoms with Gasteiger partial charge < -0.3 is 19.8 Å². The van der Waals surface area contributed by atoms with Crippen molar-refractivity contribution in [3.63, 3.8) is 0 Å². The van der Waals surface area contributed by atoms with Gasteiger partial charge in [0, 0.05) is 35.0 Å². The molecule has 1 saturated carbocycles. The Morgan fingerprint density at radius 2 is 2.04 bits per heavy atom. The molecule has 1 spiro atoms. The highest BCUT2D eigenvalue weighted by Crippen LogP contribution is 2.48. The van der Waals surface area contributed by atoms with Crippen molar-refractivity contribution < 1.29 is 28.2 Å². The summed E-state index contributed by atoms with van der Waals surface area (Å²) in [6.45, 7) is 6.65. The molecule has 5 atom stereocenters. The molecule has 6 rings (SSSR count). The molecule has 2 aliphatic heterocycles. The van der Waals surface area contributed by atoms with E-state index in [1.165, 1.54) is 18.1 Å². The van der Waals surface area contributed by atoms with Crippen LogP contribution in [0.2, 0.25) is 5.02 Å². The summed E-state index contributed by atoms with van der Waals surface area (Å²) in [7, 11) is -4.10. The maximum Gasteiger partial charge on any atom is 0.264 e. The van der Waals surface area contributed by atoms with E-state index < -0.39 is 26.8 Å². The minimum Gasteiger partial charge on any atom is -0.490 e. The molecule has 0 saturated heterocycles. The number of carbonyl (C=O) groups is 1. The highest BCUT2D eigenvalue weighted by atomic mass is 35.5.